The fourth-order valence-electron chi connectivity index (χ4n) is 3.68. The summed E-state index contributed by atoms with van der Waals surface area (Å²) in [6, 6.07) is 1.94. The third-order valence-corrected chi connectivity index (χ3v) is 13.1. The molecule has 0 saturated heterocycles. The van der Waals surface area contributed by atoms with Crippen LogP contribution in [0, 0.1) is 5.92 Å². The minimum atomic E-state index is -1.46. The van der Waals surface area contributed by atoms with Gasteiger partial charge in [-0.1, -0.05) is 46.0 Å². The topological polar surface area (TPSA) is 69.7 Å². The summed E-state index contributed by atoms with van der Waals surface area (Å²) < 4.78 is 23.1. The van der Waals surface area contributed by atoms with Gasteiger partial charge in [-0.25, -0.2) is 4.79 Å². The van der Waals surface area contributed by atoms with Crippen molar-refractivity contribution in [2.75, 3.05) is 0 Å². The largest absolute Gasteiger partial charge is 0.458 e. The molecule has 27 heavy (non-hydrogen) atoms. The van der Waals surface area contributed by atoms with Crippen LogP contribution in [-0.4, -0.2) is 40.9 Å². The maximum absolute atomic E-state index is 12.0. The van der Waals surface area contributed by atoms with Crippen molar-refractivity contribution in [3.63, 3.8) is 0 Å². The second-order valence-electron chi connectivity index (χ2n) is 8.41. The van der Waals surface area contributed by atoms with E-state index in [-0.39, 0.29) is 12.1 Å². The molecule has 1 aliphatic carbocycles. The minimum Gasteiger partial charge on any atom is -0.458 e. The van der Waals surface area contributed by atoms with E-state index in [9.17, 15) is 14.1 Å². The lowest BCUT2D eigenvalue weighted by Crippen LogP contribution is -2.41. The van der Waals surface area contributed by atoms with Crippen LogP contribution in [0.5, 0.6) is 0 Å². The first kappa shape index (κ1) is 24.0. The Kier molecular flexibility index (Phi) is 10.4. The fraction of sp³-hybridized carbons (Fsp3) is 0.800. The third kappa shape index (κ3) is 9.10. The molecule has 1 rings (SSSR count). The molecule has 0 heterocycles. The van der Waals surface area contributed by atoms with Crippen molar-refractivity contribution in [2.24, 2.45) is 5.92 Å². The molecule has 5 nitrogen and oxygen atoms in total. The molecular weight excluding hydrogens is 376 g/mol. The van der Waals surface area contributed by atoms with E-state index in [1.165, 1.54) is 0 Å². The molecule has 3 atom stereocenters. The average molecular weight is 413 g/mol. The first-order valence-electron chi connectivity index (χ1n) is 10.2. The van der Waals surface area contributed by atoms with Crippen molar-refractivity contribution < 1.29 is 23.5 Å². The molecule has 0 aromatic rings. The lowest BCUT2D eigenvalue weighted by atomic mass is 9.83. The van der Waals surface area contributed by atoms with E-state index in [1.807, 2.05) is 13.8 Å². The van der Waals surface area contributed by atoms with Crippen LogP contribution in [0.2, 0.25) is 30.8 Å². The van der Waals surface area contributed by atoms with Gasteiger partial charge in [0.2, 0.25) is 0 Å². The molecule has 7 heteroatoms. The number of hydrogen-bond acceptors (Lipinski definition) is 5. The quantitative estimate of drug-likeness (QED) is 0.280. The molecular formula is C20H36O5Si2. The van der Waals surface area contributed by atoms with E-state index in [0.717, 1.165) is 55.9 Å². The zero-order chi connectivity index (χ0) is 20.4. The van der Waals surface area contributed by atoms with E-state index in [4.69, 9.17) is 9.47 Å². The Bertz CT molecular complexity index is 532. The molecule has 0 amide bonds. The smallest absolute Gasteiger partial charge is 0.330 e. The molecule has 0 aromatic carbocycles. The second-order valence-corrected chi connectivity index (χ2v) is 16.4. The van der Waals surface area contributed by atoms with Crippen LogP contribution in [0.4, 0.5) is 0 Å². The maximum Gasteiger partial charge on any atom is 0.330 e. The lowest BCUT2D eigenvalue weighted by molar-refractivity contribution is -0.170. The normalized spacial score (nSPS) is 22.7. The number of carbonyl (C=O) groups excluding carboxylic acids is 2. The van der Waals surface area contributed by atoms with Crippen molar-refractivity contribution >= 4 is 28.7 Å². The Hall–Kier alpha value is -1.09. The first-order valence-corrected chi connectivity index (χ1v) is 15.5. The van der Waals surface area contributed by atoms with Crippen LogP contribution in [0.25, 0.3) is 0 Å². The van der Waals surface area contributed by atoms with Crippen LogP contribution in [0.15, 0.2) is 12.7 Å². The summed E-state index contributed by atoms with van der Waals surface area (Å²) in [5, 5.41) is 0. The minimum absolute atomic E-state index is 0.223. The van der Waals surface area contributed by atoms with Crippen molar-refractivity contribution in [3.8, 4) is 0 Å². The van der Waals surface area contributed by atoms with Crippen molar-refractivity contribution in [3.05, 3.63) is 12.7 Å². The SMILES string of the molecule is C=CC(=O)OC1CC(CC[Si](C)(C)C[Si](=O)CC)CCC1OC(=O)CCC. The number of rotatable bonds is 11. The average Bonchev–Trinajstić information content (AvgIpc) is 2.61. The first-order chi connectivity index (χ1) is 12.7. The summed E-state index contributed by atoms with van der Waals surface area (Å²) >= 11 is 0. The molecule has 1 fully saturated rings. The number of hydrogen-bond donors (Lipinski definition) is 0. The fourth-order valence-corrected chi connectivity index (χ4v) is 10.8. The van der Waals surface area contributed by atoms with E-state index in [2.05, 4.69) is 19.7 Å². The number of carbonyl (C=O) groups is 2. The van der Waals surface area contributed by atoms with Gasteiger partial charge in [-0.15, -0.1) is 0 Å². The van der Waals surface area contributed by atoms with E-state index >= 15 is 0 Å². The third-order valence-electron chi connectivity index (χ3n) is 5.31. The van der Waals surface area contributed by atoms with E-state index in [1.54, 1.807) is 0 Å². The van der Waals surface area contributed by atoms with Crippen molar-refractivity contribution in [1.82, 2.24) is 0 Å². The standard InChI is InChI=1S/C20H36O5Si2/c1-6-9-20(22)24-17-11-10-16(14-18(17)25-19(21)7-2)12-13-27(4,5)15-26(23)8-3/h7,16-18H,2,6,8-15H2,1,3-5H3. The van der Waals surface area contributed by atoms with Gasteiger partial charge in [0.05, 0.1) is 8.07 Å². The van der Waals surface area contributed by atoms with Gasteiger partial charge in [0.25, 0.3) is 8.68 Å². The molecule has 3 unspecified atom stereocenters. The van der Waals surface area contributed by atoms with Crippen LogP contribution < -0.4 is 0 Å². The monoisotopic (exact) mass is 412 g/mol. The summed E-state index contributed by atoms with van der Waals surface area (Å²) in [4.78, 5) is 23.6. The predicted molar refractivity (Wildman–Crippen MR) is 111 cm³/mol. The van der Waals surface area contributed by atoms with Gasteiger partial charge < -0.3 is 13.9 Å². The zero-order valence-corrected chi connectivity index (χ0v) is 19.4. The highest BCUT2D eigenvalue weighted by Crippen LogP contribution is 2.34. The molecule has 0 aromatic heterocycles. The van der Waals surface area contributed by atoms with Gasteiger partial charge >= 0.3 is 11.9 Å². The Labute approximate surface area is 166 Å². The van der Waals surface area contributed by atoms with Gasteiger partial charge in [-0.05, 0) is 43.3 Å². The van der Waals surface area contributed by atoms with Gasteiger partial charge in [0.1, 0.15) is 12.2 Å². The van der Waals surface area contributed by atoms with E-state index < -0.39 is 28.8 Å². The molecule has 1 saturated carbocycles. The zero-order valence-electron chi connectivity index (χ0n) is 17.4. The second kappa shape index (κ2) is 11.7. The molecule has 0 aliphatic heterocycles. The van der Waals surface area contributed by atoms with E-state index in [0.29, 0.717) is 12.3 Å². The highest BCUT2D eigenvalue weighted by atomic mass is 28.4. The lowest BCUT2D eigenvalue weighted by Gasteiger charge is -2.36. The molecule has 0 spiro atoms. The van der Waals surface area contributed by atoms with Crippen LogP contribution in [0.3, 0.4) is 0 Å². The Morgan fingerprint density at radius 2 is 1.89 bits per heavy atom. The van der Waals surface area contributed by atoms with Crippen LogP contribution in [-0.2, 0) is 23.5 Å². The van der Waals surface area contributed by atoms with Gasteiger partial charge in [-0.3, -0.25) is 4.79 Å². The number of ether oxygens (including phenoxy) is 2. The summed E-state index contributed by atoms with van der Waals surface area (Å²) in [6.45, 7) is 12.0. The Morgan fingerprint density at radius 3 is 2.48 bits per heavy atom. The molecule has 0 radical (unpaired) electrons. The van der Waals surface area contributed by atoms with Gasteiger partial charge in [-0.2, -0.15) is 0 Å². The number of esters is 2. The Balaban J connectivity index is 2.65. The molecule has 0 N–H and O–H groups in total. The molecule has 0 bridgehead atoms. The van der Waals surface area contributed by atoms with Crippen molar-refractivity contribution in [1.29, 1.82) is 0 Å². The van der Waals surface area contributed by atoms with Crippen LogP contribution >= 0.6 is 0 Å². The Morgan fingerprint density at radius 1 is 1.19 bits per heavy atom. The summed E-state index contributed by atoms with van der Waals surface area (Å²) in [5.41, 5.74) is 0.924. The van der Waals surface area contributed by atoms with Crippen LogP contribution in [0.1, 0.15) is 52.4 Å². The summed E-state index contributed by atoms with van der Waals surface area (Å²) in [6.07, 6.45) is 5.02. The highest BCUT2D eigenvalue weighted by molar-refractivity contribution is 6.85. The summed E-state index contributed by atoms with van der Waals surface area (Å²) in [7, 11) is -2.88. The molecule has 1 aliphatic rings. The van der Waals surface area contributed by atoms with Gasteiger partial charge in [0, 0.05) is 12.5 Å². The van der Waals surface area contributed by atoms with Gasteiger partial charge in [0.15, 0.2) is 0 Å². The highest BCUT2D eigenvalue weighted by Gasteiger charge is 2.36. The maximum atomic E-state index is 12.0. The molecule has 154 valence electrons. The summed E-state index contributed by atoms with van der Waals surface area (Å²) in [5.74, 6) is -0.239. The predicted octanol–water partition coefficient (Wildman–Crippen LogP) is 4.68. The van der Waals surface area contributed by atoms with Crippen molar-refractivity contribution in [2.45, 2.75) is 95.4 Å².